The van der Waals surface area contributed by atoms with Crippen LogP contribution >= 0.6 is 0 Å². The molecular formula is C45H42N2O+2. The van der Waals surface area contributed by atoms with E-state index in [1.165, 1.54) is 60.9 Å². The van der Waals surface area contributed by atoms with E-state index in [1.807, 2.05) is 0 Å². The van der Waals surface area contributed by atoms with Crippen molar-refractivity contribution < 1.29 is 13.6 Å². The van der Waals surface area contributed by atoms with Gasteiger partial charge in [-0.25, -0.2) is 9.13 Å². The molecule has 0 saturated carbocycles. The molecule has 48 heavy (non-hydrogen) atoms. The number of aryl methyl sites for hydroxylation is 3. The van der Waals surface area contributed by atoms with Gasteiger partial charge in [0, 0.05) is 40.4 Å². The lowest BCUT2D eigenvalue weighted by molar-refractivity contribution is -0.702. The highest BCUT2D eigenvalue weighted by molar-refractivity contribution is 6.23. The van der Waals surface area contributed by atoms with Gasteiger partial charge >= 0.3 is 0 Å². The summed E-state index contributed by atoms with van der Waals surface area (Å²) in [6.45, 7) is 11.5. The second-order valence-electron chi connectivity index (χ2n) is 14.2. The molecule has 0 aliphatic rings. The van der Waals surface area contributed by atoms with Crippen LogP contribution in [-0.4, -0.2) is 0 Å². The summed E-state index contributed by atoms with van der Waals surface area (Å²) in [7, 11) is 4.40. The van der Waals surface area contributed by atoms with Gasteiger partial charge in [-0.15, -0.1) is 0 Å². The number of aromatic nitrogens is 2. The highest BCUT2D eigenvalue weighted by Crippen LogP contribution is 2.44. The molecule has 0 aliphatic heterocycles. The number of nitrogens with zero attached hydrogens (tertiary/aromatic N) is 2. The summed E-state index contributed by atoms with van der Waals surface area (Å²) < 4.78 is 11.5. The van der Waals surface area contributed by atoms with Gasteiger partial charge < -0.3 is 4.42 Å². The summed E-state index contributed by atoms with van der Waals surface area (Å²) in [5.74, 6) is 0. The van der Waals surface area contributed by atoms with E-state index in [0.717, 1.165) is 21.9 Å². The third kappa shape index (κ3) is 4.34. The predicted octanol–water partition coefficient (Wildman–Crippen LogP) is 9.84. The Balaban J connectivity index is 1.42. The molecule has 0 saturated heterocycles. The van der Waals surface area contributed by atoms with Crippen molar-refractivity contribution in [1.29, 1.82) is 0 Å². The van der Waals surface area contributed by atoms with Crippen LogP contribution in [0.3, 0.4) is 0 Å². The van der Waals surface area contributed by atoms with Crippen LogP contribution in [-0.2, 0) is 24.9 Å². The van der Waals surface area contributed by atoms with Crippen LogP contribution in [0.5, 0.6) is 0 Å². The van der Waals surface area contributed by atoms with Crippen LogP contribution in [0.1, 0.15) is 60.1 Å². The van der Waals surface area contributed by atoms with Crippen molar-refractivity contribution in [1.82, 2.24) is 0 Å². The summed E-state index contributed by atoms with van der Waals surface area (Å²) in [6.07, 6.45) is 2.16. The van der Waals surface area contributed by atoms with Gasteiger partial charge in [-0.3, -0.25) is 0 Å². The minimum Gasteiger partial charge on any atom is -0.455 e. The van der Waals surface area contributed by atoms with Crippen molar-refractivity contribution in [3.63, 3.8) is 0 Å². The van der Waals surface area contributed by atoms with Crippen LogP contribution in [0.2, 0.25) is 0 Å². The van der Waals surface area contributed by atoms with E-state index in [9.17, 15) is 0 Å². The smallest absolute Gasteiger partial charge is 0.202 e. The molecule has 5 aromatic carbocycles. The second kappa shape index (κ2) is 10.9. The van der Waals surface area contributed by atoms with Gasteiger partial charge in [0.2, 0.25) is 11.4 Å². The molecule has 0 aliphatic carbocycles. The number of hydrogen-bond acceptors (Lipinski definition) is 1. The molecule has 8 rings (SSSR count). The molecule has 3 nitrogen and oxygen atoms in total. The van der Waals surface area contributed by atoms with E-state index in [1.54, 1.807) is 0 Å². The molecule has 0 amide bonds. The fourth-order valence-electron chi connectivity index (χ4n) is 8.58. The van der Waals surface area contributed by atoms with Gasteiger partial charge in [0.05, 0.1) is 5.41 Å². The van der Waals surface area contributed by atoms with Crippen LogP contribution < -0.4 is 9.13 Å². The van der Waals surface area contributed by atoms with E-state index >= 15 is 0 Å². The minimum atomic E-state index is -0.492. The molecule has 0 spiro atoms. The number of fused-ring (bicyclic) bond motifs is 7. The van der Waals surface area contributed by atoms with E-state index in [-0.39, 0.29) is 5.41 Å². The first-order valence-electron chi connectivity index (χ1n) is 16.9. The molecule has 3 heterocycles. The Morgan fingerprint density at radius 2 is 1.23 bits per heavy atom. The fraction of sp³-hybridized carbons (Fsp3) is 0.200. The van der Waals surface area contributed by atoms with E-state index < -0.39 is 5.41 Å². The molecular weight excluding hydrogens is 585 g/mol. The van der Waals surface area contributed by atoms with Crippen molar-refractivity contribution in [2.45, 2.75) is 45.4 Å². The molecule has 0 radical (unpaired) electrons. The lowest BCUT2D eigenvalue weighted by atomic mass is 9.72. The van der Waals surface area contributed by atoms with E-state index in [4.69, 9.17) is 4.42 Å². The molecule has 1 unspecified atom stereocenters. The summed E-state index contributed by atoms with van der Waals surface area (Å²) >= 11 is 0. The number of rotatable bonds is 5. The van der Waals surface area contributed by atoms with Crippen LogP contribution in [0.25, 0.3) is 43.5 Å². The predicted molar refractivity (Wildman–Crippen MR) is 198 cm³/mol. The summed E-state index contributed by atoms with van der Waals surface area (Å²) in [6, 6.07) is 44.3. The van der Waals surface area contributed by atoms with Gasteiger partial charge in [0.25, 0.3) is 0 Å². The Labute approximate surface area is 282 Å². The average Bonchev–Trinajstić information content (AvgIpc) is 3.45. The largest absolute Gasteiger partial charge is 0.455 e. The standard InChI is InChI=1S/C45H42N2O/c1-29-15-8-11-18-36(29)44(3,4)39-20-14-21-41(47(39)7)45(5,40-19-12-13-26-46(40)6)37-28-35-34-25-24-32-23-22-31-16-9-10-17-33(31)42(32)43(34)48-38(35)27-30(37)2/h8-28H,1-7H3/q+2. The normalized spacial score (nSPS) is 13.5. The molecule has 0 fully saturated rings. The number of furan rings is 1. The highest BCUT2D eigenvalue weighted by atomic mass is 16.3. The fourth-order valence-corrected chi connectivity index (χ4v) is 8.58. The van der Waals surface area contributed by atoms with Gasteiger partial charge in [-0.2, -0.15) is 0 Å². The van der Waals surface area contributed by atoms with Gasteiger partial charge in [0.15, 0.2) is 17.3 Å². The third-order valence-corrected chi connectivity index (χ3v) is 11.0. The monoisotopic (exact) mass is 626 g/mol. The Kier molecular flexibility index (Phi) is 6.82. The summed E-state index contributed by atoms with van der Waals surface area (Å²) in [5.41, 5.74) is 10.0. The molecule has 8 aromatic rings. The van der Waals surface area contributed by atoms with Crippen molar-refractivity contribution in [2.75, 3.05) is 0 Å². The first-order valence-corrected chi connectivity index (χ1v) is 16.9. The zero-order valence-electron chi connectivity index (χ0n) is 28.9. The number of pyridine rings is 2. The second-order valence-corrected chi connectivity index (χ2v) is 14.2. The molecule has 0 bridgehead atoms. The Hall–Kier alpha value is -5.28. The van der Waals surface area contributed by atoms with Crippen molar-refractivity contribution >= 4 is 43.5 Å². The SMILES string of the molecule is Cc1ccccc1C(C)(C)c1cccc(C(C)(c2cc3c(cc2C)oc2c3ccc3ccc4ccccc4c32)c2cccc[n+]2C)[n+]1C. The Bertz CT molecular complexity index is 2550. The first-order chi connectivity index (χ1) is 23.1. The molecule has 3 heteroatoms. The lowest BCUT2D eigenvalue weighted by Crippen LogP contribution is -2.53. The lowest BCUT2D eigenvalue weighted by Gasteiger charge is -2.30. The highest BCUT2D eigenvalue weighted by Gasteiger charge is 2.47. The maximum Gasteiger partial charge on any atom is 0.202 e. The molecule has 236 valence electrons. The maximum atomic E-state index is 6.79. The molecule has 1 atom stereocenters. The molecule has 3 aromatic heterocycles. The van der Waals surface area contributed by atoms with Crippen LogP contribution in [0.4, 0.5) is 0 Å². The Morgan fingerprint density at radius 3 is 2.04 bits per heavy atom. The number of benzene rings is 5. The van der Waals surface area contributed by atoms with E-state index in [0.29, 0.717) is 0 Å². The summed E-state index contributed by atoms with van der Waals surface area (Å²) in [4.78, 5) is 0. The van der Waals surface area contributed by atoms with Crippen LogP contribution in [0, 0.1) is 13.8 Å². The van der Waals surface area contributed by atoms with E-state index in [2.05, 4.69) is 185 Å². The van der Waals surface area contributed by atoms with Gasteiger partial charge in [0.1, 0.15) is 25.3 Å². The maximum absolute atomic E-state index is 6.79. The number of hydrogen-bond donors (Lipinski definition) is 0. The van der Waals surface area contributed by atoms with Gasteiger partial charge in [-0.05, 0) is 97.3 Å². The summed E-state index contributed by atoms with van der Waals surface area (Å²) in [5, 5.41) is 7.10. The molecule has 0 N–H and O–H groups in total. The van der Waals surface area contributed by atoms with Crippen molar-refractivity contribution in [3.8, 4) is 0 Å². The minimum absolute atomic E-state index is 0.209. The quantitative estimate of drug-likeness (QED) is 0.138. The topological polar surface area (TPSA) is 20.9 Å². The first kappa shape index (κ1) is 30.1. The Morgan fingerprint density at radius 1 is 0.542 bits per heavy atom. The van der Waals surface area contributed by atoms with Crippen LogP contribution in [0.15, 0.2) is 132 Å². The van der Waals surface area contributed by atoms with Crippen molar-refractivity contribution in [3.05, 3.63) is 167 Å². The third-order valence-electron chi connectivity index (χ3n) is 11.0. The van der Waals surface area contributed by atoms with Crippen molar-refractivity contribution in [2.24, 2.45) is 14.1 Å². The zero-order chi connectivity index (χ0) is 33.4. The van der Waals surface area contributed by atoms with Gasteiger partial charge in [-0.1, -0.05) is 72.8 Å². The average molecular weight is 627 g/mol. The zero-order valence-corrected chi connectivity index (χ0v) is 28.9.